The lowest BCUT2D eigenvalue weighted by atomic mass is 9.80. The van der Waals surface area contributed by atoms with Crippen molar-refractivity contribution < 1.29 is 14.7 Å². The Labute approximate surface area is 115 Å². The molecule has 0 spiro atoms. The maximum atomic E-state index is 11.9. The SMILES string of the molecule is CC(C)(C)C(C(=O)O)C(=O)NCCCN1CCCC1. The maximum absolute atomic E-state index is 11.9. The average molecular weight is 270 g/mol. The molecular weight excluding hydrogens is 244 g/mol. The number of nitrogens with zero attached hydrogens (tertiary/aromatic N) is 1. The lowest BCUT2D eigenvalue weighted by Crippen LogP contribution is -2.43. The minimum absolute atomic E-state index is 0.374. The fourth-order valence-electron chi connectivity index (χ4n) is 2.50. The Hall–Kier alpha value is -1.10. The summed E-state index contributed by atoms with van der Waals surface area (Å²) in [6, 6.07) is 0. The van der Waals surface area contributed by atoms with Gasteiger partial charge in [0.25, 0.3) is 0 Å². The zero-order valence-corrected chi connectivity index (χ0v) is 12.2. The van der Waals surface area contributed by atoms with E-state index in [4.69, 9.17) is 5.11 Å². The van der Waals surface area contributed by atoms with Crippen LogP contribution < -0.4 is 5.32 Å². The highest BCUT2D eigenvalue weighted by molar-refractivity contribution is 5.97. The van der Waals surface area contributed by atoms with Crippen LogP contribution in [0.4, 0.5) is 0 Å². The predicted octanol–water partition coefficient (Wildman–Crippen LogP) is 1.34. The summed E-state index contributed by atoms with van der Waals surface area (Å²) in [7, 11) is 0. The van der Waals surface area contributed by atoms with E-state index in [0.29, 0.717) is 6.54 Å². The van der Waals surface area contributed by atoms with Crippen molar-refractivity contribution in [2.45, 2.75) is 40.0 Å². The van der Waals surface area contributed by atoms with Crippen molar-refractivity contribution >= 4 is 11.9 Å². The van der Waals surface area contributed by atoms with E-state index in [-0.39, 0.29) is 5.91 Å². The molecule has 1 atom stereocenters. The molecule has 0 aliphatic carbocycles. The second-order valence-corrected chi connectivity index (χ2v) is 6.33. The molecule has 2 N–H and O–H groups in total. The fourth-order valence-corrected chi connectivity index (χ4v) is 2.50. The Kier molecular flexibility index (Phi) is 5.79. The highest BCUT2D eigenvalue weighted by Crippen LogP contribution is 2.26. The van der Waals surface area contributed by atoms with Crippen molar-refractivity contribution in [3.63, 3.8) is 0 Å². The van der Waals surface area contributed by atoms with E-state index >= 15 is 0 Å². The minimum atomic E-state index is -1.05. The van der Waals surface area contributed by atoms with Gasteiger partial charge in [-0.05, 0) is 44.3 Å². The molecule has 19 heavy (non-hydrogen) atoms. The van der Waals surface area contributed by atoms with E-state index in [1.807, 2.05) is 0 Å². The van der Waals surface area contributed by atoms with Crippen molar-refractivity contribution in [1.29, 1.82) is 0 Å². The standard InChI is InChI=1S/C14H26N2O3/c1-14(2,3)11(13(18)19)12(17)15-7-6-10-16-8-4-5-9-16/h11H,4-10H2,1-3H3,(H,15,17)(H,18,19). The van der Waals surface area contributed by atoms with Crippen molar-refractivity contribution in [2.24, 2.45) is 11.3 Å². The van der Waals surface area contributed by atoms with Crippen LogP contribution in [0, 0.1) is 11.3 Å². The van der Waals surface area contributed by atoms with E-state index in [1.54, 1.807) is 20.8 Å². The van der Waals surface area contributed by atoms with E-state index in [9.17, 15) is 9.59 Å². The van der Waals surface area contributed by atoms with E-state index < -0.39 is 17.3 Å². The lowest BCUT2D eigenvalue weighted by molar-refractivity contribution is -0.151. The maximum Gasteiger partial charge on any atom is 0.316 e. The number of carboxylic acids is 1. The number of carboxylic acid groups (broad SMARTS) is 1. The molecule has 1 aliphatic rings. The van der Waals surface area contributed by atoms with Gasteiger partial charge in [0.1, 0.15) is 5.92 Å². The highest BCUT2D eigenvalue weighted by atomic mass is 16.4. The molecule has 0 bridgehead atoms. The minimum Gasteiger partial charge on any atom is -0.481 e. The van der Waals surface area contributed by atoms with Gasteiger partial charge in [0, 0.05) is 6.54 Å². The van der Waals surface area contributed by atoms with Gasteiger partial charge in [0.15, 0.2) is 0 Å². The van der Waals surface area contributed by atoms with Gasteiger partial charge in [-0.2, -0.15) is 0 Å². The molecule has 0 saturated carbocycles. The molecule has 5 heteroatoms. The predicted molar refractivity (Wildman–Crippen MR) is 73.9 cm³/mol. The first-order chi connectivity index (χ1) is 8.82. The summed E-state index contributed by atoms with van der Waals surface area (Å²) in [6.07, 6.45) is 3.40. The third-order valence-electron chi connectivity index (χ3n) is 3.52. The van der Waals surface area contributed by atoms with Crippen LogP contribution in [0.3, 0.4) is 0 Å². The molecule has 0 aromatic carbocycles. The van der Waals surface area contributed by atoms with Crippen LogP contribution >= 0.6 is 0 Å². The van der Waals surface area contributed by atoms with Crippen LogP contribution in [-0.2, 0) is 9.59 Å². The van der Waals surface area contributed by atoms with Gasteiger partial charge in [0.2, 0.25) is 5.91 Å². The average Bonchev–Trinajstić information content (AvgIpc) is 2.74. The molecule has 1 aliphatic heterocycles. The monoisotopic (exact) mass is 270 g/mol. The van der Waals surface area contributed by atoms with Crippen LogP contribution in [0.15, 0.2) is 0 Å². The second-order valence-electron chi connectivity index (χ2n) is 6.33. The number of hydrogen-bond donors (Lipinski definition) is 2. The second kappa shape index (κ2) is 6.89. The summed E-state index contributed by atoms with van der Waals surface area (Å²) in [6.45, 7) is 9.14. The fraction of sp³-hybridized carbons (Fsp3) is 0.857. The molecule has 0 aromatic rings. The zero-order valence-electron chi connectivity index (χ0n) is 12.2. The number of aliphatic carboxylic acids is 1. The Balaban J connectivity index is 2.30. The van der Waals surface area contributed by atoms with Crippen LogP contribution in [0.5, 0.6) is 0 Å². The largest absolute Gasteiger partial charge is 0.481 e. The zero-order chi connectivity index (χ0) is 14.5. The number of nitrogens with one attached hydrogen (secondary N) is 1. The molecule has 110 valence electrons. The first kappa shape index (κ1) is 16.0. The quantitative estimate of drug-likeness (QED) is 0.564. The van der Waals surface area contributed by atoms with E-state index in [0.717, 1.165) is 26.1 Å². The number of hydrogen-bond acceptors (Lipinski definition) is 3. The van der Waals surface area contributed by atoms with Crippen molar-refractivity contribution in [3.8, 4) is 0 Å². The normalized spacial score (nSPS) is 18.3. The van der Waals surface area contributed by atoms with Crippen molar-refractivity contribution in [2.75, 3.05) is 26.2 Å². The van der Waals surface area contributed by atoms with Crippen molar-refractivity contribution in [1.82, 2.24) is 10.2 Å². The summed E-state index contributed by atoms with van der Waals surface area (Å²) in [5.41, 5.74) is -0.565. The number of rotatable bonds is 6. The Bertz CT molecular complexity index is 317. The summed E-state index contributed by atoms with van der Waals surface area (Å²) in [5, 5.41) is 11.9. The molecule has 0 radical (unpaired) electrons. The number of carbonyl (C=O) groups excluding carboxylic acids is 1. The number of amides is 1. The molecule has 1 fully saturated rings. The molecule has 1 amide bonds. The molecular formula is C14H26N2O3. The van der Waals surface area contributed by atoms with Crippen LogP contribution in [0.2, 0.25) is 0 Å². The van der Waals surface area contributed by atoms with Gasteiger partial charge in [-0.25, -0.2) is 0 Å². The first-order valence-electron chi connectivity index (χ1n) is 7.05. The van der Waals surface area contributed by atoms with Gasteiger partial charge < -0.3 is 15.3 Å². The highest BCUT2D eigenvalue weighted by Gasteiger charge is 2.37. The van der Waals surface area contributed by atoms with Gasteiger partial charge in [-0.3, -0.25) is 9.59 Å². The smallest absolute Gasteiger partial charge is 0.316 e. The molecule has 5 nitrogen and oxygen atoms in total. The van der Waals surface area contributed by atoms with E-state index in [2.05, 4.69) is 10.2 Å². The third-order valence-corrected chi connectivity index (χ3v) is 3.52. The van der Waals surface area contributed by atoms with Crippen LogP contribution in [0.25, 0.3) is 0 Å². The van der Waals surface area contributed by atoms with Crippen molar-refractivity contribution in [3.05, 3.63) is 0 Å². The number of likely N-dealkylation sites (tertiary alicyclic amines) is 1. The molecule has 1 saturated heterocycles. The summed E-state index contributed by atoms with van der Waals surface area (Å²) in [4.78, 5) is 25.5. The molecule has 0 aromatic heterocycles. The van der Waals surface area contributed by atoms with Gasteiger partial charge >= 0.3 is 5.97 Å². The Morgan fingerprint density at radius 3 is 2.32 bits per heavy atom. The van der Waals surface area contributed by atoms with Gasteiger partial charge in [0.05, 0.1) is 0 Å². The third kappa shape index (κ3) is 5.19. The topological polar surface area (TPSA) is 69.6 Å². The molecule has 1 unspecified atom stereocenters. The Morgan fingerprint density at radius 2 is 1.84 bits per heavy atom. The van der Waals surface area contributed by atoms with Crippen LogP contribution in [-0.4, -0.2) is 48.1 Å². The summed E-state index contributed by atoms with van der Waals surface area (Å²) in [5.74, 6) is -2.41. The molecule has 1 heterocycles. The van der Waals surface area contributed by atoms with Gasteiger partial charge in [-0.15, -0.1) is 0 Å². The summed E-state index contributed by atoms with van der Waals surface area (Å²) < 4.78 is 0. The first-order valence-corrected chi connectivity index (χ1v) is 7.05. The Morgan fingerprint density at radius 1 is 1.26 bits per heavy atom. The number of carbonyl (C=O) groups is 2. The molecule has 1 rings (SSSR count). The summed E-state index contributed by atoms with van der Waals surface area (Å²) >= 11 is 0. The van der Waals surface area contributed by atoms with E-state index in [1.165, 1.54) is 12.8 Å². The van der Waals surface area contributed by atoms with Gasteiger partial charge in [-0.1, -0.05) is 20.8 Å². The lowest BCUT2D eigenvalue weighted by Gasteiger charge is -2.26. The van der Waals surface area contributed by atoms with Crippen LogP contribution in [0.1, 0.15) is 40.0 Å².